The number of hydrogen-bond donors (Lipinski definition) is 0. The molecule has 3 aromatic rings. The highest BCUT2D eigenvalue weighted by Gasteiger charge is 2.37. The molecule has 0 aliphatic rings. The van der Waals surface area contributed by atoms with Crippen LogP contribution in [0.15, 0.2) is 66.7 Å². The molecule has 9 heteroatoms. The molecule has 0 saturated carbocycles. The molecule has 6 nitrogen and oxygen atoms in total. The van der Waals surface area contributed by atoms with Gasteiger partial charge in [-0.1, -0.05) is 58.9 Å². The van der Waals surface area contributed by atoms with Gasteiger partial charge in [-0.3, -0.25) is 20.2 Å². The van der Waals surface area contributed by atoms with Crippen LogP contribution < -0.4 is 0 Å². The lowest BCUT2D eigenvalue weighted by Crippen LogP contribution is -1.95. The van der Waals surface area contributed by atoms with Crippen LogP contribution in [0.3, 0.4) is 0 Å². The molecule has 0 fully saturated rings. The first-order valence-corrected chi connectivity index (χ1v) is 10.2. The highest BCUT2D eigenvalue weighted by atomic mass is 32.2. The smallest absolute Gasteiger partial charge is 0.258 e. The van der Waals surface area contributed by atoms with Crippen LogP contribution in [0.25, 0.3) is 0 Å². The van der Waals surface area contributed by atoms with Gasteiger partial charge in [0.1, 0.15) is 0 Å². The molecule has 0 radical (unpaired) electrons. The van der Waals surface area contributed by atoms with Gasteiger partial charge in [-0.05, 0) is 38.1 Å². The Kier molecular flexibility index (Phi) is 5.83. The molecule has 0 atom stereocenters. The summed E-state index contributed by atoms with van der Waals surface area (Å²) in [4.78, 5) is 23.4. The maximum atomic E-state index is 11.6. The lowest BCUT2D eigenvalue weighted by atomic mass is 10.2. The Morgan fingerprint density at radius 3 is 1.33 bits per heavy atom. The average Bonchev–Trinajstić information content (AvgIpc) is 2.97. The second-order valence-electron chi connectivity index (χ2n) is 5.72. The van der Waals surface area contributed by atoms with Crippen LogP contribution in [-0.4, -0.2) is 9.85 Å². The first-order chi connectivity index (χ1) is 12.8. The third-order valence-corrected chi connectivity index (χ3v) is 7.16. The fourth-order valence-electron chi connectivity index (χ4n) is 2.26. The summed E-state index contributed by atoms with van der Waals surface area (Å²) in [6.07, 6.45) is 0. The summed E-state index contributed by atoms with van der Waals surface area (Å²) in [5, 5.41) is 23.2. The Balaban J connectivity index is 2.04. The number of benzene rings is 2. The van der Waals surface area contributed by atoms with Gasteiger partial charge >= 0.3 is 11.4 Å². The van der Waals surface area contributed by atoms with E-state index in [9.17, 15) is 20.2 Å². The van der Waals surface area contributed by atoms with Gasteiger partial charge in [-0.15, -0.1) is 11.3 Å². The number of rotatable bonds is 6. The molecule has 0 amide bonds. The van der Waals surface area contributed by atoms with E-state index in [-0.39, 0.29) is 0 Å². The first kappa shape index (κ1) is 19.4. The molecule has 0 N–H and O–H groups in total. The van der Waals surface area contributed by atoms with E-state index in [1.165, 1.54) is 23.5 Å². The highest BCUT2D eigenvalue weighted by Crippen LogP contribution is 2.53. The molecule has 0 bridgehead atoms. The Hall–Kier alpha value is -2.36. The third kappa shape index (κ3) is 4.49. The Morgan fingerprint density at radius 2 is 1.04 bits per heavy atom. The first-order valence-electron chi connectivity index (χ1n) is 7.79. The van der Waals surface area contributed by atoms with Crippen molar-refractivity contribution in [1.29, 1.82) is 0 Å². The fourth-order valence-corrected chi connectivity index (χ4v) is 6.04. The van der Waals surface area contributed by atoms with Crippen molar-refractivity contribution in [2.75, 3.05) is 0 Å². The van der Waals surface area contributed by atoms with E-state index in [2.05, 4.69) is 0 Å². The van der Waals surface area contributed by atoms with Crippen molar-refractivity contribution < 1.29 is 9.85 Å². The summed E-state index contributed by atoms with van der Waals surface area (Å²) in [5.74, 6) is 0. The van der Waals surface area contributed by atoms with Gasteiger partial charge in [-0.2, -0.15) is 0 Å². The largest absolute Gasteiger partial charge is 0.371 e. The van der Waals surface area contributed by atoms with E-state index >= 15 is 0 Å². The van der Waals surface area contributed by atoms with Gasteiger partial charge in [-0.25, -0.2) is 0 Å². The fraction of sp³-hybridized carbons (Fsp3) is 0.111. The Bertz CT molecular complexity index is 919. The van der Waals surface area contributed by atoms with Crippen LogP contribution >= 0.6 is 34.9 Å². The molecule has 0 aliphatic carbocycles. The third-order valence-electron chi connectivity index (χ3n) is 3.62. The molecule has 1 heterocycles. The predicted octanol–water partition coefficient (Wildman–Crippen LogP) is 6.48. The van der Waals surface area contributed by atoms with E-state index in [1.54, 1.807) is 0 Å². The zero-order valence-electron chi connectivity index (χ0n) is 14.4. The molecular weight excluding hydrogens is 404 g/mol. The van der Waals surface area contributed by atoms with Gasteiger partial charge < -0.3 is 0 Å². The van der Waals surface area contributed by atoms with E-state index in [4.69, 9.17) is 0 Å². The van der Waals surface area contributed by atoms with Gasteiger partial charge in [0.05, 0.1) is 9.85 Å². The topological polar surface area (TPSA) is 86.3 Å². The van der Waals surface area contributed by atoms with Crippen LogP contribution in [0.2, 0.25) is 0 Å². The van der Waals surface area contributed by atoms with Crippen LogP contribution in [0, 0.1) is 34.1 Å². The normalized spacial score (nSPS) is 10.7. The molecule has 3 rings (SSSR count). The summed E-state index contributed by atoms with van der Waals surface area (Å²) >= 11 is 3.43. The van der Waals surface area contributed by atoms with Crippen molar-refractivity contribution in [1.82, 2.24) is 0 Å². The number of aryl methyl sites for hydroxylation is 2. The molecule has 0 spiro atoms. The van der Waals surface area contributed by atoms with Crippen LogP contribution in [0.1, 0.15) is 11.1 Å². The average molecular weight is 419 g/mol. The van der Waals surface area contributed by atoms with Crippen molar-refractivity contribution in [3.8, 4) is 0 Å². The summed E-state index contributed by atoms with van der Waals surface area (Å²) in [6.45, 7) is 3.90. The summed E-state index contributed by atoms with van der Waals surface area (Å²) in [5.41, 5.74) is 1.26. The van der Waals surface area contributed by atoms with Crippen LogP contribution in [-0.2, 0) is 0 Å². The molecule has 0 saturated heterocycles. The van der Waals surface area contributed by atoms with Gasteiger partial charge in [0.2, 0.25) is 0 Å². The zero-order chi connectivity index (χ0) is 19.6. The molecule has 1 aromatic heterocycles. The lowest BCUT2D eigenvalue weighted by molar-refractivity contribution is -0.425. The van der Waals surface area contributed by atoms with Crippen molar-refractivity contribution in [2.45, 2.75) is 32.1 Å². The van der Waals surface area contributed by atoms with E-state index in [1.807, 2.05) is 62.4 Å². The van der Waals surface area contributed by atoms with Gasteiger partial charge in [0.15, 0.2) is 8.42 Å². The van der Waals surface area contributed by atoms with E-state index in [0.717, 1.165) is 32.3 Å². The molecule has 27 heavy (non-hydrogen) atoms. The summed E-state index contributed by atoms with van der Waals surface area (Å²) < 4.78 is 0.621. The van der Waals surface area contributed by atoms with Gasteiger partial charge in [0.25, 0.3) is 0 Å². The maximum absolute atomic E-state index is 11.6. The van der Waals surface area contributed by atoms with Crippen molar-refractivity contribution in [3.63, 3.8) is 0 Å². The lowest BCUT2D eigenvalue weighted by Gasteiger charge is -1.99. The molecular formula is C18H14N2O4S3. The highest BCUT2D eigenvalue weighted by molar-refractivity contribution is 8.03. The summed E-state index contributed by atoms with van der Waals surface area (Å²) in [6, 6.07) is 15.0. The number of hydrogen-bond acceptors (Lipinski definition) is 7. The molecule has 138 valence electrons. The van der Waals surface area contributed by atoms with Crippen molar-refractivity contribution in [3.05, 3.63) is 79.9 Å². The minimum absolute atomic E-state index is 0.310. The van der Waals surface area contributed by atoms with Crippen molar-refractivity contribution in [2.24, 2.45) is 0 Å². The zero-order valence-corrected chi connectivity index (χ0v) is 16.8. The van der Waals surface area contributed by atoms with E-state index in [0.29, 0.717) is 8.42 Å². The van der Waals surface area contributed by atoms with Crippen LogP contribution in [0.4, 0.5) is 11.4 Å². The minimum Gasteiger partial charge on any atom is -0.258 e. The predicted molar refractivity (Wildman–Crippen MR) is 108 cm³/mol. The Morgan fingerprint density at radius 1 is 0.704 bits per heavy atom. The number of thiophene rings is 1. The minimum atomic E-state index is -0.662. The van der Waals surface area contributed by atoms with Crippen LogP contribution in [0.5, 0.6) is 0 Å². The van der Waals surface area contributed by atoms with E-state index < -0.39 is 21.2 Å². The second kappa shape index (κ2) is 8.12. The molecule has 2 aromatic carbocycles. The summed E-state index contributed by atoms with van der Waals surface area (Å²) in [7, 11) is 0. The quantitative estimate of drug-likeness (QED) is 0.336. The SMILES string of the molecule is Cc1ccc(Sc2sc(Sc3ccc(C)cc3)c([N+](=O)[O-])c2[N+](=O)[O-])cc1. The monoisotopic (exact) mass is 418 g/mol. The molecule has 0 aliphatic heterocycles. The number of nitrogens with zero attached hydrogens (tertiary/aromatic N) is 2. The second-order valence-corrected chi connectivity index (χ2v) is 9.42. The van der Waals surface area contributed by atoms with Gasteiger partial charge in [0, 0.05) is 9.79 Å². The standard InChI is InChI=1S/C18H14N2O4S3/c1-11-3-7-13(8-4-11)25-17-15(19(21)22)16(20(23)24)18(27-17)26-14-9-5-12(2)6-10-14/h3-10H,1-2H3. The maximum Gasteiger partial charge on any atom is 0.371 e. The Labute approximate surface area is 167 Å². The number of nitro groups is 2. The molecule has 0 unspecified atom stereocenters. The van der Waals surface area contributed by atoms with Crippen molar-refractivity contribution >= 4 is 46.2 Å².